The van der Waals surface area contributed by atoms with Crippen molar-refractivity contribution < 1.29 is 14.7 Å². The van der Waals surface area contributed by atoms with Crippen molar-refractivity contribution in [2.75, 3.05) is 6.54 Å². The van der Waals surface area contributed by atoms with Gasteiger partial charge < -0.3 is 15.3 Å². The molecule has 0 rings (SSSR count). The molecule has 0 aromatic rings. The van der Waals surface area contributed by atoms with Crippen molar-refractivity contribution in [3.8, 4) is 0 Å². The summed E-state index contributed by atoms with van der Waals surface area (Å²) in [5.74, 6) is -0.997. The van der Waals surface area contributed by atoms with Crippen molar-refractivity contribution >= 4 is 12.0 Å². The smallest absolute Gasteiger partial charge is 0.323 e. The van der Waals surface area contributed by atoms with Gasteiger partial charge in [-0.1, -0.05) is 26.2 Å². The van der Waals surface area contributed by atoms with Crippen molar-refractivity contribution in [3.05, 3.63) is 0 Å². The van der Waals surface area contributed by atoms with Crippen LogP contribution in [0.25, 0.3) is 0 Å². The summed E-state index contributed by atoms with van der Waals surface area (Å²) in [6.45, 7) is 9.30. The molecule has 2 amide bonds. The van der Waals surface area contributed by atoms with Crippen LogP contribution < -0.4 is 5.32 Å². The molecule has 0 saturated heterocycles. The molecule has 2 N–H and O–H groups in total. The van der Waals surface area contributed by atoms with Crippen LogP contribution in [0.15, 0.2) is 0 Å². The average molecular weight is 272 g/mol. The Morgan fingerprint density at radius 1 is 1.26 bits per heavy atom. The van der Waals surface area contributed by atoms with E-state index in [1.54, 1.807) is 0 Å². The largest absolute Gasteiger partial charge is 0.480 e. The third-order valence-corrected chi connectivity index (χ3v) is 2.96. The van der Waals surface area contributed by atoms with E-state index in [4.69, 9.17) is 5.11 Å². The fourth-order valence-electron chi connectivity index (χ4n) is 1.81. The topological polar surface area (TPSA) is 69.6 Å². The van der Waals surface area contributed by atoms with Crippen LogP contribution in [0, 0.1) is 0 Å². The highest BCUT2D eigenvalue weighted by Gasteiger charge is 2.28. The van der Waals surface area contributed by atoms with Gasteiger partial charge in [0.15, 0.2) is 0 Å². The second-order valence-electron chi connectivity index (χ2n) is 6.00. The lowest BCUT2D eigenvalue weighted by Gasteiger charge is -2.35. The molecule has 0 aliphatic carbocycles. The Hall–Kier alpha value is -1.26. The van der Waals surface area contributed by atoms with Crippen LogP contribution in [-0.2, 0) is 4.79 Å². The van der Waals surface area contributed by atoms with Gasteiger partial charge in [-0.25, -0.2) is 4.79 Å². The maximum Gasteiger partial charge on any atom is 0.323 e. The predicted octanol–water partition coefficient (Wildman–Crippen LogP) is 2.85. The number of urea groups is 1. The zero-order chi connectivity index (χ0) is 15.1. The van der Waals surface area contributed by atoms with E-state index in [0.29, 0.717) is 0 Å². The number of carbonyl (C=O) groups is 2. The lowest BCUT2D eigenvalue weighted by atomic mass is 10.1. The fourth-order valence-corrected chi connectivity index (χ4v) is 1.81. The van der Waals surface area contributed by atoms with Crippen molar-refractivity contribution in [1.29, 1.82) is 0 Å². The van der Waals surface area contributed by atoms with Gasteiger partial charge >= 0.3 is 12.0 Å². The second kappa shape index (κ2) is 8.02. The molecular weight excluding hydrogens is 244 g/mol. The molecule has 0 aliphatic rings. The molecule has 5 heteroatoms. The summed E-state index contributed by atoms with van der Waals surface area (Å²) in [6, 6.07) is -0.239. The van der Waals surface area contributed by atoms with Crippen LogP contribution >= 0.6 is 0 Å². The minimum Gasteiger partial charge on any atom is -0.480 e. The zero-order valence-corrected chi connectivity index (χ0v) is 12.8. The molecule has 19 heavy (non-hydrogen) atoms. The molecule has 1 atom stereocenters. The molecule has 0 heterocycles. The summed E-state index contributed by atoms with van der Waals surface area (Å²) >= 11 is 0. The van der Waals surface area contributed by atoms with E-state index < -0.39 is 11.5 Å². The lowest BCUT2D eigenvalue weighted by molar-refractivity contribution is -0.138. The van der Waals surface area contributed by atoms with Gasteiger partial charge in [-0.2, -0.15) is 0 Å². The molecule has 0 fully saturated rings. The highest BCUT2D eigenvalue weighted by atomic mass is 16.4. The van der Waals surface area contributed by atoms with Crippen molar-refractivity contribution in [2.24, 2.45) is 0 Å². The number of hydrogen-bond acceptors (Lipinski definition) is 2. The van der Waals surface area contributed by atoms with E-state index in [-0.39, 0.29) is 18.6 Å². The summed E-state index contributed by atoms with van der Waals surface area (Å²) in [6.07, 6.45) is 4.29. The zero-order valence-electron chi connectivity index (χ0n) is 12.8. The van der Waals surface area contributed by atoms with Crippen LogP contribution in [0.4, 0.5) is 4.79 Å². The van der Waals surface area contributed by atoms with Crippen LogP contribution in [0.1, 0.15) is 60.3 Å². The van der Waals surface area contributed by atoms with Gasteiger partial charge in [0.25, 0.3) is 0 Å². The molecule has 1 unspecified atom stereocenters. The number of unbranched alkanes of at least 4 members (excludes halogenated alkanes) is 2. The number of hydrogen-bond donors (Lipinski definition) is 2. The normalized spacial score (nSPS) is 12.9. The number of nitrogens with zero attached hydrogens (tertiary/aromatic N) is 1. The molecule has 0 aromatic heterocycles. The first kappa shape index (κ1) is 17.7. The number of rotatable bonds is 7. The lowest BCUT2D eigenvalue weighted by Crippen LogP contribution is -2.54. The second-order valence-corrected chi connectivity index (χ2v) is 6.00. The predicted molar refractivity (Wildman–Crippen MR) is 76.2 cm³/mol. The summed E-state index contributed by atoms with van der Waals surface area (Å²) in [5, 5.41) is 11.8. The van der Waals surface area contributed by atoms with E-state index in [0.717, 1.165) is 25.7 Å². The number of amides is 2. The Balaban J connectivity index is 4.43. The Kier molecular flexibility index (Phi) is 7.49. The highest BCUT2D eigenvalue weighted by molar-refractivity contribution is 5.80. The van der Waals surface area contributed by atoms with E-state index in [2.05, 4.69) is 12.2 Å². The first-order valence-corrected chi connectivity index (χ1v) is 6.98. The molecule has 5 nitrogen and oxygen atoms in total. The van der Waals surface area contributed by atoms with Gasteiger partial charge in [-0.15, -0.1) is 0 Å². The van der Waals surface area contributed by atoms with Crippen molar-refractivity contribution in [2.45, 2.75) is 71.9 Å². The Bertz CT molecular complexity index is 298. The summed E-state index contributed by atoms with van der Waals surface area (Å²) in [5.41, 5.74) is -0.508. The Morgan fingerprint density at radius 2 is 1.84 bits per heavy atom. The van der Waals surface area contributed by atoms with Crippen LogP contribution in [0.3, 0.4) is 0 Å². The molecule has 0 saturated carbocycles. The van der Waals surface area contributed by atoms with Crippen molar-refractivity contribution in [1.82, 2.24) is 10.2 Å². The quantitative estimate of drug-likeness (QED) is 0.700. The van der Waals surface area contributed by atoms with Crippen LogP contribution in [0.5, 0.6) is 0 Å². The van der Waals surface area contributed by atoms with Crippen LogP contribution in [-0.4, -0.2) is 40.1 Å². The monoisotopic (exact) mass is 272 g/mol. The van der Waals surface area contributed by atoms with Gasteiger partial charge in [0.05, 0.1) is 0 Å². The SMILES string of the molecule is CCCCCC(C)NC(=O)N(CC(=O)O)C(C)(C)C. The van der Waals surface area contributed by atoms with Crippen LogP contribution in [0.2, 0.25) is 0 Å². The molecule has 0 aliphatic heterocycles. The summed E-state index contributed by atoms with van der Waals surface area (Å²) < 4.78 is 0. The van der Waals surface area contributed by atoms with Gasteiger partial charge in [-0.3, -0.25) is 4.79 Å². The van der Waals surface area contributed by atoms with Gasteiger partial charge in [0.1, 0.15) is 6.54 Å². The minimum atomic E-state index is -0.997. The van der Waals surface area contributed by atoms with E-state index >= 15 is 0 Å². The van der Waals surface area contributed by atoms with E-state index in [1.807, 2.05) is 27.7 Å². The first-order chi connectivity index (χ1) is 8.68. The number of carbonyl (C=O) groups excluding carboxylic acids is 1. The molecule has 0 aromatic carbocycles. The Labute approximate surface area is 116 Å². The molecule has 0 bridgehead atoms. The number of aliphatic carboxylic acids is 1. The minimum absolute atomic E-state index is 0.0673. The van der Waals surface area contributed by atoms with E-state index in [1.165, 1.54) is 4.90 Å². The van der Waals surface area contributed by atoms with Gasteiger partial charge in [0.2, 0.25) is 0 Å². The van der Waals surface area contributed by atoms with Gasteiger partial charge in [0, 0.05) is 11.6 Å². The third kappa shape index (κ3) is 7.70. The van der Waals surface area contributed by atoms with E-state index in [9.17, 15) is 9.59 Å². The maximum absolute atomic E-state index is 12.1. The maximum atomic E-state index is 12.1. The number of carboxylic acids is 1. The van der Waals surface area contributed by atoms with Crippen molar-refractivity contribution in [3.63, 3.8) is 0 Å². The van der Waals surface area contributed by atoms with Gasteiger partial charge in [-0.05, 0) is 34.1 Å². The number of carboxylic acid groups (broad SMARTS) is 1. The third-order valence-electron chi connectivity index (χ3n) is 2.96. The molecule has 0 spiro atoms. The summed E-state index contributed by atoms with van der Waals surface area (Å²) in [7, 11) is 0. The Morgan fingerprint density at radius 3 is 2.26 bits per heavy atom. The summed E-state index contributed by atoms with van der Waals surface area (Å²) in [4.78, 5) is 24.3. The first-order valence-electron chi connectivity index (χ1n) is 6.98. The molecule has 112 valence electrons. The fraction of sp³-hybridized carbons (Fsp3) is 0.857. The molecule has 0 radical (unpaired) electrons. The average Bonchev–Trinajstić information content (AvgIpc) is 2.24. The standard InChI is InChI=1S/C14H28N2O3/c1-6-7-8-9-11(2)15-13(19)16(10-12(17)18)14(3,4)5/h11H,6-10H2,1-5H3,(H,15,19)(H,17,18). The highest BCUT2D eigenvalue weighted by Crippen LogP contribution is 2.13. The number of nitrogens with one attached hydrogen (secondary N) is 1. The molecular formula is C14H28N2O3.